The van der Waals surface area contributed by atoms with Gasteiger partial charge in [0.2, 0.25) is 0 Å². The van der Waals surface area contributed by atoms with Crippen LogP contribution >= 0.6 is 11.3 Å². The number of thiophene rings is 1. The minimum absolute atomic E-state index is 0.118. The number of likely N-dealkylation sites (tertiary alicyclic amines) is 1. The lowest BCUT2D eigenvalue weighted by molar-refractivity contribution is -0.112. The Labute approximate surface area is 200 Å². The summed E-state index contributed by atoms with van der Waals surface area (Å²) in [5, 5.41) is 8.73. The van der Waals surface area contributed by atoms with E-state index >= 15 is 0 Å². The molecule has 10 heteroatoms. The number of hydrogen-bond acceptors (Lipinski definition) is 8. The lowest BCUT2D eigenvalue weighted by atomic mass is 9.79. The number of fused-ring (bicyclic) bond motifs is 2. The van der Waals surface area contributed by atoms with Crippen molar-refractivity contribution in [2.45, 2.75) is 64.3 Å². The fraction of sp³-hybridized carbons (Fsp3) is 0.739. The van der Waals surface area contributed by atoms with Crippen LogP contribution in [-0.2, 0) is 46.1 Å². The molecule has 0 radical (unpaired) electrons. The number of aromatic nitrogens is 3. The van der Waals surface area contributed by atoms with Crippen LogP contribution in [0, 0.1) is 0 Å². The number of nitrogens with zero attached hydrogens (tertiary/aromatic N) is 5. The maximum absolute atomic E-state index is 11.6. The van der Waals surface area contributed by atoms with Crippen LogP contribution in [0.4, 0.5) is 0 Å². The molecule has 2 atom stereocenters. The second kappa shape index (κ2) is 9.37. The van der Waals surface area contributed by atoms with E-state index in [0.29, 0.717) is 19.1 Å². The summed E-state index contributed by atoms with van der Waals surface area (Å²) in [7, 11) is -2.83. The first kappa shape index (κ1) is 23.4. The highest BCUT2D eigenvalue weighted by Crippen LogP contribution is 2.46. The van der Waals surface area contributed by atoms with Gasteiger partial charge >= 0.3 is 0 Å². The topological polar surface area (TPSA) is 80.6 Å². The average Bonchev–Trinajstić information content (AvgIpc) is 3.43. The van der Waals surface area contributed by atoms with Crippen LogP contribution in [0.15, 0.2) is 12.3 Å². The maximum Gasteiger partial charge on any atom is 0.152 e. The van der Waals surface area contributed by atoms with Crippen molar-refractivity contribution >= 4 is 21.2 Å². The van der Waals surface area contributed by atoms with Crippen molar-refractivity contribution in [3.8, 4) is 0 Å². The second-order valence-corrected chi connectivity index (χ2v) is 13.3. The van der Waals surface area contributed by atoms with Gasteiger partial charge in [-0.05, 0) is 37.8 Å². The molecule has 33 heavy (non-hydrogen) atoms. The molecule has 0 N–H and O–H groups in total. The fourth-order valence-corrected chi connectivity index (χ4v) is 7.91. The van der Waals surface area contributed by atoms with Gasteiger partial charge in [-0.15, -0.1) is 16.4 Å². The van der Waals surface area contributed by atoms with E-state index in [1.54, 1.807) is 0 Å². The predicted molar refractivity (Wildman–Crippen MR) is 129 cm³/mol. The highest BCUT2D eigenvalue weighted by molar-refractivity contribution is 7.91. The SMILES string of the molecule is CCc1cc2c(s1)CCO[C@@]21CCN(Cc2cn(CCN3CCS(=O)(=O)CC3)nn2)[C@@H](C)C1. The molecule has 0 amide bonds. The second-order valence-electron chi connectivity index (χ2n) is 9.74. The Hall–Kier alpha value is -1.33. The van der Waals surface area contributed by atoms with E-state index < -0.39 is 9.84 Å². The molecule has 0 saturated carbocycles. The Kier molecular flexibility index (Phi) is 6.65. The molecule has 5 heterocycles. The van der Waals surface area contributed by atoms with Gasteiger partial charge in [0.15, 0.2) is 9.84 Å². The van der Waals surface area contributed by atoms with Crippen molar-refractivity contribution in [3.63, 3.8) is 0 Å². The van der Waals surface area contributed by atoms with Crippen molar-refractivity contribution in [2.24, 2.45) is 0 Å². The molecule has 0 bridgehead atoms. The first-order valence-electron chi connectivity index (χ1n) is 12.2. The predicted octanol–water partition coefficient (Wildman–Crippen LogP) is 2.08. The largest absolute Gasteiger partial charge is 0.370 e. The number of piperidine rings is 1. The standard InChI is InChI=1S/C23H35N5O3S2/c1-3-20-14-21-22(32-20)4-11-31-23(21)5-6-27(18(2)15-23)16-19-17-28(25-24-19)8-7-26-9-12-33(29,30)13-10-26/h14,17-18H,3-13,15-16H2,1-2H3/t18-,23+/m0/s1. The van der Waals surface area contributed by atoms with E-state index in [0.717, 1.165) is 64.2 Å². The summed E-state index contributed by atoms with van der Waals surface area (Å²) in [5.74, 6) is 0.528. The molecule has 2 fully saturated rings. The lowest BCUT2D eigenvalue weighted by Gasteiger charge is -2.47. The number of aryl methyl sites for hydroxylation is 1. The smallest absolute Gasteiger partial charge is 0.152 e. The van der Waals surface area contributed by atoms with Gasteiger partial charge in [0.1, 0.15) is 0 Å². The van der Waals surface area contributed by atoms with E-state index in [4.69, 9.17) is 4.74 Å². The van der Waals surface area contributed by atoms with E-state index in [-0.39, 0.29) is 17.1 Å². The molecule has 5 rings (SSSR count). The van der Waals surface area contributed by atoms with Gasteiger partial charge in [-0.3, -0.25) is 14.5 Å². The van der Waals surface area contributed by atoms with Gasteiger partial charge in [0.05, 0.1) is 36.0 Å². The zero-order chi connectivity index (χ0) is 23.1. The number of rotatable bonds is 6. The van der Waals surface area contributed by atoms with Crippen molar-refractivity contribution in [1.29, 1.82) is 0 Å². The van der Waals surface area contributed by atoms with Gasteiger partial charge in [-0.2, -0.15) is 0 Å². The molecule has 2 aromatic rings. The zero-order valence-electron chi connectivity index (χ0n) is 19.7. The number of hydrogen-bond donors (Lipinski definition) is 0. The minimum atomic E-state index is -2.83. The summed E-state index contributed by atoms with van der Waals surface area (Å²) in [6.07, 6.45) is 6.24. The van der Waals surface area contributed by atoms with Crippen LogP contribution in [-0.4, -0.2) is 83.5 Å². The normalized spacial score (nSPS) is 28.2. The fourth-order valence-electron chi connectivity index (χ4n) is 5.46. The van der Waals surface area contributed by atoms with Gasteiger partial charge in [0, 0.05) is 61.1 Å². The Balaban J connectivity index is 1.16. The van der Waals surface area contributed by atoms with Gasteiger partial charge < -0.3 is 4.74 Å². The van der Waals surface area contributed by atoms with Gasteiger partial charge in [-0.1, -0.05) is 12.1 Å². The van der Waals surface area contributed by atoms with Crippen molar-refractivity contribution in [2.75, 3.05) is 44.3 Å². The van der Waals surface area contributed by atoms with Gasteiger partial charge in [-0.25, -0.2) is 8.42 Å². The third-order valence-electron chi connectivity index (χ3n) is 7.49. The van der Waals surface area contributed by atoms with Crippen LogP contribution in [0.2, 0.25) is 0 Å². The molecular formula is C23H35N5O3S2. The third kappa shape index (κ3) is 5.05. The first-order chi connectivity index (χ1) is 15.9. The highest BCUT2D eigenvalue weighted by Gasteiger charge is 2.44. The average molecular weight is 494 g/mol. The monoisotopic (exact) mass is 493 g/mol. The Morgan fingerprint density at radius 2 is 2.06 bits per heavy atom. The van der Waals surface area contributed by atoms with Crippen LogP contribution < -0.4 is 0 Å². The summed E-state index contributed by atoms with van der Waals surface area (Å²) in [5.41, 5.74) is 2.33. The summed E-state index contributed by atoms with van der Waals surface area (Å²) in [4.78, 5) is 7.71. The summed E-state index contributed by atoms with van der Waals surface area (Å²) < 4.78 is 31.6. The molecule has 182 valence electrons. The molecule has 8 nitrogen and oxygen atoms in total. The van der Waals surface area contributed by atoms with Crippen molar-refractivity contribution in [3.05, 3.63) is 33.3 Å². The van der Waals surface area contributed by atoms with Gasteiger partial charge in [0.25, 0.3) is 0 Å². The van der Waals surface area contributed by atoms with Crippen LogP contribution in [0.1, 0.15) is 47.7 Å². The van der Waals surface area contributed by atoms with Crippen LogP contribution in [0.3, 0.4) is 0 Å². The van der Waals surface area contributed by atoms with E-state index in [1.165, 1.54) is 15.3 Å². The van der Waals surface area contributed by atoms with E-state index in [1.807, 2.05) is 22.2 Å². The van der Waals surface area contributed by atoms with E-state index in [2.05, 4.69) is 40.0 Å². The third-order valence-corrected chi connectivity index (χ3v) is 10.4. The number of sulfone groups is 1. The molecule has 0 unspecified atom stereocenters. The Bertz CT molecular complexity index is 1070. The maximum atomic E-state index is 11.6. The molecule has 3 aliphatic heterocycles. The molecule has 1 spiro atoms. The summed E-state index contributed by atoms with van der Waals surface area (Å²) >= 11 is 1.98. The molecular weight excluding hydrogens is 458 g/mol. The molecule has 0 aliphatic carbocycles. The minimum Gasteiger partial charge on any atom is -0.370 e. The summed E-state index contributed by atoms with van der Waals surface area (Å²) in [6.45, 7) is 9.95. The van der Waals surface area contributed by atoms with E-state index in [9.17, 15) is 8.42 Å². The summed E-state index contributed by atoms with van der Waals surface area (Å²) in [6, 6.07) is 2.82. The molecule has 2 aromatic heterocycles. The first-order valence-corrected chi connectivity index (χ1v) is 14.8. The molecule has 2 saturated heterocycles. The zero-order valence-corrected chi connectivity index (χ0v) is 21.3. The van der Waals surface area contributed by atoms with Crippen LogP contribution in [0.5, 0.6) is 0 Å². The molecule has 0 aromatic carbocycles. The molecule has 3 aliphatic rings. The quantitative estimate of drug-likeness (QED) is 0.610. The Morgan fingerprint density at radius 1 is 1.24 bits per heavy atom. The van der Waals surface area contributed by atoms with Crippen LogP contribution in [0.25, 0.3) is 0 Å². The van der Waals surface area contributed by atoms with Crippen molar-refractivity contribution in [1.82, 2.24) is 24.8 Å². The van der Waals surface area contributed by atoms with Crippen molar-refractivity contribution < 1.29 is 13.2 Å². The lowest BCUT2D eigenvalue weighted by Crippen LogP contribution is -2.50. The highest BCUT2D eigenvalue weighted by atomic mass is 32.2. The Morgan fingerprint density at radius 3 is 2.82 bits per heavy atom. The number of ether oxygens (including phenoxy) is 1.